The van der Waals surface area contributed by atoms with Crippen LogP contribution in [0.25, 0.3) is 15.2 Å². The van der Waals surface area contributed by atoms with Crippen LogP contribution in [0.15, 0.2) is 24.3 Å². The van der Waals surface area contributed by atoms with Crippen molar-refractivity contribution in [3.8, 4) is 0 Å². The molecule has 2 aromatic heterocycles. The fourth-order valence-electron chi connectivity index (χ4n) is 1.96. The summed E-state index contributed by atoms with van der Waals surface area (Å²) in [5.74, 6) is 4.88. The predicted molar refractivity (Wildman–Crippen MR) is 67.0 cm³/mol. The van der Waals surface area contributed by atoms with E-state index in [9.17, 15) is 4.79 Å². The van der Waals surface area contributed by atoms with E-state index >= 15 is 0 Å². The summed E-state index contributed by atoms with van der Waals surface area (Å²) in [6.07, 6.45) is 0. The van der Waals surface area contributed by atoms with E-state index in [-0.39, 0.29) is 5.91 Å². The molecular formula is C11H10N4OS. The van der Waals surface area contributed by atoms with Gasteiger partial charge in [-0.3, -0.25) is 14.6 Å². The van der Waals surface area contributed by atoms with Crippen molar-refractivity contribution in [2.45, 2.75) is 6.92 Å². The number of fused-ring (bicyclic) bond motifs is 3. The number of carbonyl (C=O) groups is 1. The lowest BCUT2D eigenvalue weighted by atomic mass is 10.3. The number of carbonyl (C=O) groups excluding carboxylic acids is 1. The van der Waals surface area contributed by atoms with E-state index in [1.165, 1.54) is 0 Å². The number of hydrogen-bond donors (Lipinski definition) is 2. The number of aryl methyl sites for hydroxylation is 1. The van der Waals surface area contributed by atoms with E-state index in [0.29, 0.717) is 11.4 Å². The number of hydrogen-bond acceptors (Lipinski definition) is 4. The van der Waals surface area contributed by atoms with Gasteiger partial charge < -0.3 is 0 Å². The third-order valence-electron chi connectivity index (χ3n) is 2.67. The van der Waals surface area contributed by atoms with Gasteiger partial charge in [0, 0.05) is 0 Å². The van der Waals surface area contributed by atoms with Crippen molar-refractivity contribution in [3.63, 3.8) is 0 Å². The van der Waals surface area contributed by atoms with E-state index in [4.69, 9.17) is 5.84 Å². The highest BCUT2D eigenvalue weighted by Gasteiger charge is 2.19. The highest BCUT2D eigenvalue weighted by molar-refractivity contribution is 7.23. The van der Waals surface area contributed by atoms with Crippen LogP contribution in [0.5, 0.6) is 0 Å². The number of nitrogens with zero attached hydrogens (tertiary/aromatic N) is 2. The van der Waals surface area contributed by atoms with Gasteiger partial charge in [0.25, 0.3) is 5.91 Å². The first-order valence-electron chi connectivity index (χ1n) is 5.10. The molecule has 0 saturated heterocycles. The van der Waals surface area contributed by atoms with Gasteiger partial charge in [-0.15, -0.1) is 0 Å². The summed E-state index contributed by atoms with van der Waals surface area (Å²) in [6.45, 7) is 1.80. The van der Waals surface area contributed by atoms with Crippen molar-refractivity contribution < 1.29 is 4.79 Å². The summed E-state index contributed by atoms with van der Waals surface area (Å²) in [5.41, 5.74) is 4.32. The van der Waals surface area contributed by atoms with Crippen LogP contribution in [-0.2, 0) is 0 Å². The predicted octanol–water partition coefficient (Wildman–Crippen LogP) is 1.46. The molecule has 0 unspecified atom stereocenters. The molecule has 0 saturated carbocycles. The molecule has 17 heavy (non-hydrogen) atoms. The van der Waals surface area contributed by atoms with E-state index in [1.54, 1.807) is 18.3 Å². The first-order chi connectivity index (χ1) is 8.22. The smallest absolute Gasteiger partial charge is 0.284 e. The van der Waals surface area contributed by atoms with E-state index < -0.39 is 0 Å². The number of nitrogens with two attached hydrogens (primary N) is 1. The summed E-state index contributed by atoms with van der Waals surface area (Å²) in [5, 5.41) is 0. The zero-order valence-electron chi connectivity index (χ0n) is 9.10. The van der Waals surface area contributed by atoms with Gasteiger partial charge in [-0.1, -0.05) is 23.5 Å². The summed E-state index contributed by atoms with van der Waals surface area (Å²) in [7, 11) is 0. The normalized spacial score (nSPS) is 11.2. The lowest BCUT2D eigenvalue weighted by Crippen LogP contribution is -2.31. The quantitative estimate of drug-likeness (QED) is 0.388. The Hall–Kier alpha value is -1.92. The third kappa shape index (κ3) is 1.35. The second-order valence-corrected chi connectivity index (χ2v) is 4.72. The second kappa shape index (κ2) is 3.54. The lowest BCUT2D eigenvalue weighted by molar-refractivity contribution is 0.0947. The molecule has 0 bridgehead atoms. The Morgan fingerprint density at radius 1 is 1.47 bits per heavy atom. The summed E-state index contributed by atoms with van der Waals surface area (Å²) in [4.78, 5) is 17.0. The van der Waals surface area contributed by atoms with Crippen LogP contribution >= 0.6 is 11.3 Å². The number of aromatic nitrogens is 2. The summed E-state index contributed by atoms with van der Waals surface area (Å²) < 4.78 is 2.94. The topological polar surface area (TPSA) is 72.4 Å². The fourth-order valence-corrected chi connectivity index (χ4v) is 3.03. The second-order valence-electron chi connectivity index (χ2n) is 3.71. The number of imidazole rings is 1. The summed E-state index contributed by atoms with van der Waals surface area (Å²) >= 11 is 1.56. The maximum atomic E-state index is 11.8. The largest absolute Gasteiger partial charge is 0.289 e. The number of nitrogen functional groups attached to an aromatic ring is 1. The number of benzene rings is 1. The molecule has 0 radical (unpaired) electrons. The Morgan fingerprint density at radius 3 is 3.00 bits per heavy atom. The molecule has 3 N–H and O–H groups in total. The molecule has 0 atom stereocenters. The minimum Gasteiger partial charge on any atom is -0.289 e. The molecule has 3 aromatic rings. The molecule has 3 rings (SSSR count). The number of thiazole rings is 1. The van der Waals surface area contributed by atoms with Gasteiger partial charge in [-0.2, -0.15) is 0 Å². The van der Waals surface area contributed by atoms with Crippen LogP contribution in [0.2, 0.25) is 0 Å². The number of hydrazine groups is 1. The fraction of sp³-hybridized carbons (Fsp3) is 0.0909. The van der Waals surface area contributed by atoms with Crippen molar-refractivity contribution in [1.29, 1.82) is 0 Å². The molecule has 0 aliphatic rings. The van der Waals surface area contributed by atoms with Gasteiger partial charge in [0.15, 0.2) is 4.96 Å². The first kappa shape index (κ1) is 10.2. The lowest BCUT2D eigenvalue weighted by Gasteiger charge is -2.00. The maximum Gasteiger partial charge on any atom is 0.284 e. The van der Waals surface area contributed by atoms with E-state index in [1.807, 2.05) is 28.7 Å². The number of amides is 1. The number of rotatable bonds is 1. The molecule has 0 fully saturated rings. The molecule has 86 valence electrons. The van der Waals surface area contributed by atoms with Gasteiger partial charge in [-0.25, -0.2) is 10.8 Å². The molecule has 6 heteroatoms. The Morgan fingerprint density at radius 2 is 2.24 bits per heavy atom. The van der Waals surface area contributed by atoms with Crippen molar-refractivity contribution in [1.82, 2.24) is 14.8 Å². The van der Waals surface area contributed by atoms with E-state index in [0.717, 1.165) is 15.2 Å². The average molecular weight is 246 g/mol. The van der Waals surface area contributed by atoms with Crippen LogP contribution in [0, 0.1) is 6.92 Å². The molecular weight excluding hydrogens is 236 g/mol. The zero-order valence-corrected chi connectivity index (χ0v) is 9.91. The number of para-hydroxylation sites is 1. The van der Waals surface area contributed by atoms with Crippen LogP contribution in [-0.4, -0.2) is 15.3 Å². The van der Waals surface area contributed by atoms with Crippen LogP contribution < -0.4 is 11.3 Å². The Labute approximate surface area is 101 Å². The molecule has 0 aliphatic heterocycles. The van der Waals surface area contributed by atoms with Crippen LogP contribution in [0.1, 0.15) is 16.2 Å². The average Bonchev–Trinajstić information content (AvgIpc) is 2.82. The molecule has 5 nitrogen and oxygen atoms in total. The van der Waals surface area contributed by atoms with Gasteiger partial charge in [0.1, 0.15) is 5.69 Å². The van der Waals surface area contributed by atoms with E-state index in [2.05, 4.69) is 10.4 Å². The monoisotopic (exact) mass is 246 g/mol. The van der Waals surface area contributed by atoms with Gasteiger partial charge >= 0.3 is 0 Å². The SMILES string of the molecule is Cc1nc2sc3ccccc3n2c1C(=O)NN. The minimum atomic E-state index is -0.321. The molecule has 2 heterocycles. The minimum absolute atomic E-state index is 0.321. The molecule has 0 aliphatic carbocycles. The highest BCUT2D eigenvalue weighted by Crippen LogP contribution is 2.28. The van der Waals surface area contributed by atoms with Crippen LogP contribution in [0.3, 0.4) is 0 Å². The van der Waals surface area contributed by atoms with Crippen molar-refractivity contribution in [2.75, 3.05) is 0 Å². The first-order valence-corrected chi connectivity index (χ1v) is 5.91. The van der Waals surface area contributed by atoms with Gasteiger partial charge in [0.05, 0.1) is 15.9 Å². The summed E-state index contributed by atoms with van der Waals surface area (Å²) in [6, 6.07) is 7.88. The molecule has 1 aromatic carbocycles. The Balaban J connectivity index is 2.47. The Kier molecular flexibility index (Phi) is 2.13. The van der Waals surface area contributed by atoms with Crippen LogP contribution in [0.4, 0.5) is 0 Å². The van der Waals surface area contributed by atoms with Crippen molar-refractivity contribution in [3.05, 3.63) is 35.7 Å². The number of nitrogens with one attached hydrogen (secondary N) is 1. The molecule has 0 spiro atoms. The molecule has 1 amide bonds. The maximum absolute atomic E-state index is 11.8. The highest BCUT2D eigenvalue weighted by atomic mass is 32.1. The van der Waals surface area contributed by atoms with Crippen molar-refractivity contribution in [2.24, 2.45) is 5.84 Å². The van der Waals surface area contributed by atoms with Gasteiger partial charge in [-0.05, 0) is 19.1 Å². The third-order valence-corrected chi connectivity index (χ3v) is 3.70. The standard InChI is InChI=1S/C11H10N4OS/c1-6-9(10(16)14-12)15-7-4-2-3-5-8(7)17-11(15)13-6/h2-5H,12H2,1H3,(H,14,16). The zero-order chi connectivity index (χ0) is 12.0. The van der Waals surface area contributed by atoms with Crippen molar-refractivity contribution >= 4 is 32.4 Å². The Bertz CT molecular complexity index is 728. The van der Waals surface area contributed by atoms with Gasteiger partial charge in [0.2, 0.25) is 0 Å².